The summed E-state index contributed by atoms with van der Waals surface area (Å²) in [5.74, 6) is -0.965. The molecular weight excluding hydrogens is 227 g/mol. The second-order valence-corrected chi connectivity index (χ2v) is 3.69. The van der Waals surface area contributed by atoms with Crippen LogP contribution in [-0.2, 0) is 17.8 Å². The summed E-state index contributed by atoms with van der Waals surface area (Å²) in [6.45, 7) is 1.50. The van der Waals surface area contributed by atoms with Crippen molar-refractivity contribution < 1.29 is 18.7 Å². The van der Waals surface area contributed by atoms with Crippen LogP contribution in [0.5, 0.6) is 0 Å². The molecule has 0 atom stereocenters. The predicted octanol–water partition coefficient (Wildman–Crippen LogP) is 0.947. The van der Waals surface area contributed by atoms with Crippen LogP contribution in [0.25, 0.3) is 0 Å². The zero-order chi connectivity index (χ0) is 12.4. The first-order valence-electron chi connectivity index (χ1n) is 5.44. The van der Waals surface area contributed by atoms with Gasteiger partial charge in [-0.05, 0) is 6.92 Å². The first-order valence-corrected chi connectivity index (χ1v) is 5.44. The molecule has 0 saturated heterocycles. The lowest BCUT2D eigenvalue weighted by atomic mass is 10.0. The molecule has 1 aliphatic rings. The van der Waals surface area contributed by atoms with Gasteiger partial charge in [-0.3, -0.25) is 4.79 Å². The molecule has 2 rings (SSSR count). The van der Waals surface area contributed by atoms with Gasteiger partial charge in [-0.25, -0.2) is 9.18 Å². The quantitative estimate of drug-likeness (QED) is 0.772. The number of esters is 1. The Morgan fingerprint density at radius 3 is 2.94 bits per heavy atom. The first-order chi connectivity index (χ1) is 8.19. The molecule has 17 heavy (non-hydrogen) atoms. The van der Waals surface area contributed by atoms with Crippen molar-refractivity contribution in [3.05, 3.63) is 22.5 Å². The molecule has 1 aliphatic heterocycles. The number of aromatic nitrogens is 1. The maximum absolute atomic E-state index is 13.0. The molecule has 1 amide bonds. The molecule has 1 aromatic rings. The Morgan fingerprint density at radius 2 is 2.29 bits per heavy atom. The maximum atomic E-state index is 13.0. The molecule has 0 bridgehead atoms. The molecule has 0 spiro atoms. The molecule has 0 unspecified atom stereocenters. The van der Waals surface area contributed by atoms with Gasteiger partial charge in [0.05, 0.1) is 12.2 Å². The molecule has 2 heterocycles. The number of amides is 1. The van der Waals surface area contributed by atoms with E-state index in [9.17, 15) is 14.0 Å². The Balaban J connectivity index is 2.47. The largest absolute Gasteiger partial charge is 0.461 e. The summed E-state index contributed by atoms with van der Waals surface area (Å²) < 4.78 is 17.8. The van der Waals surface area contributed by atoms with Crippen LogP contribution >= 0.6 is 0 Å². The van der Waals surface area contributed by atoms with E-state index >= 15 is 0 Å². The average molecular weight is 240 g/mol. The highest BCUT2D eigenvalue weighted by Crippen LogP contribution is 2.23. The molecule has 0 radical (unpaired) electrons. The van der Waals surface area contributed by atoms with Crippen LogP contribution in [0.1, 0.15) is 39.0 Å². The fourth-order valence-electron chi connectivity index (χ4n) is 1.96. The number of aromatic amines is 1. The van der Waals surface area contributed by atoms with E-state index in [2.05, 4.69) is 10.3 Å². The normalized spacial score (nSPS) is 14.1. The summed E-state index contributed by atoms with van der Waals surface area (Å²) in [5, 5.41) is 2.62. The van der Waals surface area contributed by atoms with Crippen LogP contribution in [0.4, 0.5) is 4.39 Å². The zero-order valence-corrected chi connectivity index (χ0v) is 9.43. The summed E-state index contributed by atoms with van der Waals surface area (Å²) >= 11 is 0. The number of hydrogen-bond donors (Lipinski definition) is 2. The van der Waals surface area contributed by atoms with E-state index in [1.807, 2.05) is 0 Å². The van der Waals surface area contributed by atoms with Crippen molar-refractivity contribution in [2.75, 3.05) is 13.2 Å². The summed E-state index contributed by atoms with van der Waals surface area (Å²) in [7, 11) is 0. The van der Waals surface area contributed by atoms with Gasteiger partial charge in [-0.2, -0.15) is 0 Å². The van der Waals surface area contributed by atoms with Gasteiger partial charge in [0.2, 0.25) is 0 Å². The Labute approximate surface area is 97.3 Å². The zero-order valence-electron chi connectivity index (χ0n) is 9.43. The van der Waals surface area contributed by atoms with E-state index in [1.165, 1.54) is 0 Å². The third-order valence-electron chi connectivity index (χ3n) is 2.68. The van der Waals surface area contributed by atoms with Crippen molar-refractivity contribution in [3.63, 3.8) is 0 Å². The van der Waals surface area contributed by atoms with E-state index in [1.54, 1.807) is 6.92 Å². The second-order valence-electron chi connectivity index (χ2n) is 3.69. The smallest absolute Gasteiger partial charge is 0.355 e. The van der Waals surface area contributed by atoms with Crippen LogP contribution in [-0.4, -0.2) is 30.0 Å². The van der Waals surface area contributed by atoms with E-state index < -0.39 is 12.6 Å². The lowest BCUT2D eigenvalue weighted by Gasteiger charge is -2.12. The molecule has 0 aromatic carbocycles. The van der Waals surface area contributed by atoms with Crippen molar-refractivity contribution in [3.8, 4) is 0 Å². The lowest BCUT2D eigenvalue weighted by molar-refractivity contribution is 0.0518. The van der Waals surface area contributed by atoms with Crippen LogP contribution in [0.3, 0.4) is 0 Å². The number of alkyl halides is 1. The summed E-state index contributed by atoms with van der Waals surface area (Å²) in [5.41, 5.74) is 0.998. The molecular formula is C11H13FN2O3. The van der Waals surface area contributed by atoms with Crippen LogP contribution in [0.15, 0.2) is 0 Å². The number of fused-ring (bicyclic) bond motifs is 1. The summed E-state index contributed by atoms with van der Waals surface area (Å²) in [6.07, 6.45) is 0.563. The number of carbonyl (C=O) groups excluding carboxylic acids is 2. The topological polar surface area (TPSA) is 71.2 Å². The maximum Gasteiger partial charge on any atom is 0.355 e. The average Bonchev–Trinajstić information content (AvgIpc) is 2.69. The first kappa shape index (κ1) is 11.6. The van der Waals surface area contributed by atoms with Crippen molar-refractivity contribution in [2.24, 2.45) is 0 Å². The van der Waals surface area contributed by atoms with E-state index in [0.29, 0.717) is 18.7 Å². The van der Waals surface area contributed by atoms with E-state index in [0.717, 1.165) is 0 Å². The number of carbonyl (C=O) groups is 2. The minimum atomic E-state index is -0.868. The van der Waals surface area contributed by atoms with Crippen molar-refractivity contribution in [1.29, 1.82) is 0 Å². The molecule has 5 nitrogen and oxygen atoms in total. The van der Waals surface area contributed by atoms with E-state index in [4.69, 9.17) is 4.74 Å². The lowest BCUT2D eigenvalue weighted by Crippen LogP contribution is -2.31. The second kappa shape index (κ2) is 4.57. The number of halogens is 1. The number of rotatable bonds is 3. The third kappa shape index (κ3) is 1.90. The summed E-state index contributed by atoms with van der Waals surface area (Å²) in [6, 6.07) is 0. The van der Waals surface area contributed by atoms with Gasteiger partial charge in [0, 0.05) is 24.2 Å². The molecule has 2 N–H and O–H groups in total. The molecule has 0 saturated carbocycles. The molecule has 1 aromatic heterocycles. The minimum Gasteiger partial charge on any atom is -0.461 e. The Hall–Kier alpha value is -1.85. The number of nitrogens with one attached hydrogen (secondary N) is 2. The molecule has 6 heteroatoms. The SMILES string of the molecule is CCOC(=O)c1[nH]c2c(c1CF)C(=O)NCC2. The van der Waals surface area contributed by atoms with Crippen molar-refractivity contribution in [2.45, 2.75) is 20.0 Å². The number of hydrogen-bond acceptors (Lipinski definition) is 3. The minimum absolute atomic E-state index is 0.0522. The van der Waals surface area contributed by atoms with Crippen LogP contribution < -0.4 is 5.32 Å². The van der Waals surface area contributed by atoms with Gasteiger partial charge in [0.25, 0.3) is 5.91 Å². The fraction of sp³-hybridized carbons (Fsp3) is 0.455. The van der Waals surface area contributed by atoms with Crippen molar-refractivity contribution in [1.82, 2.24) is 10.3 Å². The van der Waals surface area contributed by atoms with Crippen LogP contribution in [0, 0.1) is 0 Å². The van der Waals surface area contributed by atoms with Crippen LogP contribution in [0.2, 0.25) is 0 Å². The van der Waals surface area contributed by atoms with Gasteiger partial charge in [-0.1, -0.05) is 0 Å². The Kier molecular flexibility index (Phi) is 3.12. The highest BCUT2D eigenvalue weighted by Gasteiger charge is 2.28. The highest BCUT2D eigenvalue weighted by molar-refractivity contribution is 6.02. The van der Waals surface area contributed by atoms with Gasteiger partial charge >= 0.3 is 5.97 Å². The molecule has 0 aliphatic carbocycles. The third-order valence-corrected chi connectivity index (χ3v) is 2.68. The molecule has 92 valence electrons. The van der Waals surface area contributed by atoms with Gasteiger partial charge in [0.1, 0.15) is 12.4 Å². The Bertz CT molecular complexity index is 468. The number of ether oxygens (including phenoxy) is 1. The van der Waals surface area contributed by atoms with Gasteiger partial charge in [0.15, 0.2) is 0 Å². The fourth-order valence-corrected chi connectivity index (χ4v) is 1.96. The Morgan fingerprint density at radius 1 is 1.53 bits per heavy atom. The number of H-pyrrole nitrogens is 1. The highest BCUT2D eigenvalue weighted by atomic mass is 19.1. The van der Waals surface area contributed by atoms with Crippen molar-refractivity contribution >= 4 is 11.9 Å². The van der Waals surface area contributed by atoms with Gasteiger partial charge in [-0.15, -0.1) is 0 Å². The molecule has 0 fully saturated rings. The van der Waals surface area contributed by atoms with Gasteiger partial charge < -0.3 is 15.0 Å². The standard InChI is InChI=1S/C11H13FN2O3/c1-2-17-11(16)9-6(5-12)8-7(14-9)3-4-13-10(8)15/h14H,2-5H2,1H3,(H,13,15). The monoisotopic (exact) mass is 240 g/mol. The summed E-state index contributed by atoms with van der Waals surface area (Å²) in [4.78, 5) is 26.0. The van der Waals surface area contributed by atoms with E-state index in [-0.39, 0.29) is 29.3 Å². The predicted molar refractivity (Wildman–Crippen MR) is 57.6 cm³/mol.